The van der Waals surface area contributed by atoms with Crippen molar-refractivity contribution in [3.63, 3.8) is 0 Å². The molecule has 0 unspecified atom stereocenters. The van der Waals surface area contributed by atoms with Gasteiger partial charge < -0.3 is 9.84 Å². The molecule has 7 heteroatoms. The number of phenols is 1. The summed E-state index contributed by atoms with van der Waals surface area (Å²) in [6, 6.07) is 12.1. The van der Waals surface area contributed by atoms with Crippen LogP contribution in [0.15, 0.2) is 58.8 Å². The number of phenolic OH excluding ortho intramolecular Hbond substituents is 1. The minimum Gasteiger partial charge on any atom is -0.507 e. The molecule has 0 saturated heterocycles. The number of benzene rings is 3. The molecule has 4 rings (SSSR count). The molecule has 0 spiro atoms. The molecule has 0 radical (unpaired) electrons. The monoisotopic (exact) mass is 400 g/mol. The Morgan fingerprint density at radius 2 is 1.62 bits per heavy atom. The van der Waals surface area contributed by atoms with Gasteiger partial charge in [0.15, 0.2) is 5.75 Å². The molecule has 1 heterocycles. The summed E-state index contributed by atoms with van der Waals surface area (Å²) in [6.07, 6.45) is -3.27. The summed E-state index contributed by atoms with van der Waals surface area (Å²) in [7, 11) is 0. The zero-order valence-corrected chi connectivity index (χ0v) is 15.9. The SMILES string of the molecule is CC1(C)CCc2c(c(N=Nc3ccccc3C(F)(F)F)c3ccccc3c2O)O1. The number of fused-ring (bicyclic) bond motifs is 2. The molecule has 4 nitrogen and oxygen atoms in total. The van der Waals surface area contributed by atoms with Crippen molar-refractivity contribution in [2.45, 2.75) is 38.5 Å². The van der Waals surface area contributed by atoms with E-state index in [0.29, 0.717) is 40.6 Å². The van der Waals surface area contributed by atoms with Gasteiger partial charge in [-0.1, -0.05) is 36.4 Å². The standard InChI is InChI=1S/C22H19F3N2O2/c1-21(2)12-11-15-19(28)14-8-4-3-7-13(14)18(20(15)29-21)27-26-17-10-6-5-9-16(17)22(23,24)25/h3-10,28H,11-12H2,1-2H3. The maximum atomic E-state index is 13.3. The molecule has 0 bridgehead atoms. The van der Waals surface area contributed by atoms with Crippen LogP contribution in [0.1, 0.15) is 31.4 Å². The Kier molecular flexibility index (Phi) is 4.48. The third kappa shape index (κ3) is 3.52. The summed E-state index contributed by atoms with van der Waals surface area (Å²) in [5.74, 6) is 0.478. The Morgan fingerprint density at radius 3 is 2.34 bits per heavy atom. The minimum atomic E-state index is -4.54. The van der Waals surface area contributed by atoms with E-state index in [1.54, 1.807) is 24.3 Å². The first-order valence-corrected chi connectivity index (χ1v) is 9.21. The van der Waals surface area contributed by atoms with Crippen LogP contribution in [0, 0.1) is 0 Å². The number of rotatable bonds is 2. The molecule has 3 aromatic carbocycles. The van der Waals surface area contributed by atoms with Crippen molar-refractivity contribution < 1.29 is 23.0 Å². The fraction of sp³-hybridized carbons (Fsp3) is 0.273. The molecular weight excluding hydrogens is 381 g/mol. The maximum Gasteiger partial charge on any atom is 0.418 e. The van der Waals surface area contributed by atoms with Crippen LogP contribution < -0.4 is 4.74 Å². The number of alkyl halides is 3. The quantitative estimate of drug-likeness (QED) is 0.467. The number of aromatic hydroxyl groups is 1. The van der Waals surface area contributed by atoms with E-state index >= 15 is 0 Å². The van der Waals surface area contributed by atoms with Crippen LogP contribution in [0.4, 0.5) is 24.5 Å². The Balaban J connectivity index is 1.93. The highest BCUT2D eigenvalue weighted by Crippen LogP contribution is 2.50. The second-order valence-corrected chi connectivity index (χ2v) is 7.63. The van der Waals surface area contributed by atoms with Crippen molar-refractivity contribution in [2.24, 2.45) is 10.2 Å². The van der Waals surface area contributed by atoms with E-state index in [9.17, 15) is 18.3 Å². The van der Waals surface area contributed by atoms with Crippen LogP contribution in [0.5, 0.6) is 11.5 Å². The lowest BCUT2D eigenvalue weighted by Crippen LogP contribution is -2.32. The lowest BCUT2D eigenvalue weighted by atomic mass is 9.91. The van der Waals surface area contributed by atoms with Gasteiger partial charge in [-0.15, -0.1) is 10.2 Å². The lowest BCUT2D eigenvalue weighted by molar-refractivity contribution is -0.137. The van der Waals surface area contributed by atoms with E-state index in [2.05, 4.69) is 10.2 Å². The first-order chi connectivity index (χ1) is 13.7. The lowest BCUT2D eigenvalue weighted by Gasteiger charge is -2.34. The van der Waals surface area contributed by atoms with Crippen LogP contribution in [0.3, 0.4) is 0 Å². The Bertz CT molecular complexity index is 1120. The van der Waals surface area contributed by atoms with Crippen molar-refractivity contribution in [1.29, 1.82) is 0 Å². The van der Waals surface area contributed by atoms with Gasteiger partial charge in [-0.2, -0.15) is 13.2 Å². The van der Waals surface area contributed by atoms with Gasteiger partial charge in [0.25, 0.3) is 0 Å². The third-order valence-electron chi connectivity index (χ3n) is 5.03. The predicted octanol–water partition coefficient (Wildman–Crippen LogP) is 7.08. The van der Waals surface area contributed by atoms with Crippen molar-refractivity contribution in [2.75, 3.05) is 0 Å². The first-order valence-electron chi connectivity index (χ1n) is 9.21. The zero-order chi connectivity index (χ0) is 20.8. The van der Waals surface area contributed by atoms with Crippen LogP contribution >= 0.6 is 0 Å². The molecule has 29 heavy (non-hydrogen) atoms. The van der Waals surface area contributed by atoms with Gasteiger partial charge in [0, 0.05) is 16.3 Å². The zero-order valence-electron chi connectivity index (χ0n) is 15.9. The molecule has 0 fully saturated rings. The summed E-state index contributed by atoms with van der Waals surface area (Å²) in [5.41, 5.74) is -0.710. The largest absolute Gasteiger partial charge is 0.507 e. The molecule has 1 N–H and O–H groups in total. The van der Waals surface area contributed by atoms with Gasteiger partial charge in [0.2, 0.25) is 0 Å². The Labute approximate surface area is 165 Å². The summed E-state index contributed by atoms with van der Waals surface area (Å²) >= 11 is 0. The van der Waals surface area contributed by atoms with Crippen LogP contribution in [0.25, 0.3) is 10.8 Å². The smallest absolute Gasteiger partial charge is 0.418 e. The Hall–Kier alpha value is -3.09. The molecule has 0 amide bonds. The fourth-order valence-corrected chi connectivity index (χ4v) is 3.53. The maximum absolute atomic E-state index is 13.3. The number of halogens is 3. The third-order valence-corrected chi connectivity index (χ3v) is 5.03. The molecule has 1 aliphatic rings. The molecule has 150 valence electrons. The number of azo groups is 1. The van der Waals surface area contributed by atoms with E-state index in [1.165, 1.54) is 18.2 Å². The summed E-state index contributed by atoms with van der Waals surface area (Å²) in [5, 5.41) is 20.0. The number of hydrogen-bond donors (Lipinski definition) is 1. The number of nitrogens with zero attached hydrogens (tertiary/aromatic N) is 2. The van der Waals surface area contributed by atoms with Crippen molar-refractivity contribution >= 4 is 22.1 Å². The van der Waals surface area contributed by atoms with E-state index in [0.717, 1.165) is 6.07 Å². The number of hydrogen-bond acceptors (Lipinski definition) is 4. The molecule has 0 atom stereocenters. The van der Waals surface area contributed by atoms with E-state index < -0.39 is 17.3 Å². The van der Waals surface area contributed by atoms with E-state index in [4.69, 9.17) is 4.74 Å². The molecule has 0 aliphatic carbocycles. The first kappa shape index (κ1) is 19.2. The topological polar surface area (TPSA) is 54.2 Å². The second kappa shape index (κ2) is 6.76. The van der Waals surface area contributed by atoms with Crippen molar-refractivity contribution in [3.05, 3.63) is 59.7 Å². The highest BCUT2D eigenvalue weighted by molar-refractivity contribution is 6.01. The molecule has 1 aliphatic heterocycles. The van der Waals surface area contributed by atoms with Gasteiger partial charge >= 0.3 is 6.18 Å². The average molecular weight is 400 g/mol. The van der Waals surface area contributed by atoms with E-state index in [1.807, 2.05) is 13.8 Å². The Morgan fingerprint density at radius 1 is 0.966 bits per heavy atom. The van der Waals surface area contributed by atoms with Crippen molar-refractivity contribution in [3.8, 4) is 11.5 Å². The molecule has 0 aromatic heterocycles. The summed E-state index contributed by atoms with van der Waals surface area (Å²) < 4.78 is 46.0. The van der Waals surface area contributed by atoms with Gasteiger partial charge in [-0.05, 0) is 38.8 Å². The van der Waals surface area contributed by atoms with Crippen LogP contribution in [-0.4, -0.2) is 10.7 Å². The fourth-order valence-electron chi connectivity index (χ4n) is 3.53. The van der Waals surface area contributed by atoms with Gasteiger partial charge in [-0.25, -0.2) is 0 Å². The summed E-state index contributed by atoms with van der Waals surface area (Å²) in [4.78, 5) is 0. The normalized spacial score (nSPS) is 16.0. The highest BCUT2D eigenvalue weighted by atomic mass is 19.4. The van der Waals surface area contributed by atoms with Gasteiger partial charge in [0.1, 0.15) is 17.0 Å². The average Bonchev–Trinajstić information content (AvgIpc) is 2.67. The van der Waals surface area contributed by atoms with Gasteiger partial charge in [0.05, 0.1) is 11.3 Å². The number of ether oxygens (including phenoxy) is 1. The van der Waals surface area contributed by atoms with Gasteiger partial charge in [-0.3, -0.25) is 0 Å². The second-order valence-electron chi connectivity index (χ2n) is 7.63. The summed E-state index contributed by atoms with van der Waals surface area (Å²) in [6.45, 7) is 3.84. The van der Waals surface area contributed by atoms with Crippen LogP contribution in [0.2, 0.25) is 0 Å². The van der Waals surface area contributed by atoms with Crippen LogP contribution in [-0.2, 0) is 12.6 Å². The molecule has 3 aromatic rings. The molecular formula is C22H19F3N2O2. The molecule has 0 saturated carbocycles. The minimum absolute atomic E-state index is 0.112. The predicted molar refractivity (Wildman–Crippen MR) is 104 cm³/mol. The van der Waals surface area contributed by atoms with Crippen molar-refractivity contribution in [1.82, 2.24) is 0 Å². The highest BCUT2D eigenvalue weighted by Gasteiger charge is 2.34. The van der Waals surface area contributed by atoms with E-state index in [-0.39, 0.29) is 11.4 Å².